The first-order valence-electron chi connectivity index (χ1n) is 9.72. The maximum Gasteiger partial charge on any atom is 0.339 e. The molecule has 29 heavy (non-hydrogen) atoms. The summed E-state index contributed by atoms with van der Waals surface area (Å²) in [5.74, 6) is 0.175. The number of piperazine rings is 1. The molecule has 0 radical (unpaired) electrons. The summed E-state index contributed by atoms with van der Waals surface area (Å²) in [6.07, 6.45) is 2.28. The van der Waals surface area contributed by atoms with Crippen LogP contribution in [0, 0.1) is 0 Å². The summed E-state index contributed by atoms with van der Waals surface area (Å²) in [5, 5.41) is 3.37. The van der Waals surface area contributed by atoms with E-state index in [1.807, 2.05) is 23.1 Å². The van der Waals surface area contributed by atoms with E-state index >= 15 is 0 Å². The standard InChI is InChI=1S/C21H25ClN4O3/c1-2-29-20(27)17-14-18(22)19(24-15-17)25-10-12-26(13-11-25)21(28)23-9-8-16-6-4-3-5-7-16/h3-7,14-15H,2,8-13H2,1H3,(H,23,28). The highest BCUT2D eigenvalue weighted by Crippen LogP contribution is 2.25. The van der Waals surface area contributed by atoms with Gasteiger partial charge < -0.3 is 19.9 Å². The van der Waals surface area contributed by atoms with E-state index in [0.29, 0.717) is 55.7 Å². The Morgan fingerprint density at radius 1 is 1.17 bits per heavy atom. The molecule has 0 aliphatic carbocycles. The Hall–Kier alpha value is -2.80. The lowest BCUT2D eigenvalue weighted by molar-refractivity contribution is 0.0526. The van der Waals surface area contributed by atoms with Crippen molar-refractivity contribution in [2.45, 2.75) is 13.3 Å². The van der Waals surface area contributed by atoms with Crippen LogP contribution in [-0.2, 0) is 11.2 Å². The van der Waals surface area contributed by atoms with Crippen LogP contribution in [0.25, 0.3) is 0 Å². The van der Waals surface area contributed by atoms with Crippen LogP contribution in [0.4, 0.5) is 10.6 Å². The molecule has 1 aromatic carbocycles. The van der Waals surface area contributed by atoms with Gasteiger partial charge in [-0.25, -0.2) is 14.6 Å². The zero-order chi connectivity index (χ0) is 20.6. The number of rotatable bonds is 6. The first kappa shape index (κ1) is 20.9. The van der Waals surface area contributed by atoms with Crippen molar-refractivity contribution in [1.82, 2.24) is 15.2 Å². The van der Waals surface area contributed by atoms with Crippen molar-refractivity contribution in [1.29, 1.82) is 0 Å². The van der Waals surface area contributed by atoms with Crippen LogP contribution < -0.4 is 10.2 Å². The average molecular weight is 417 g/mol. The molecule has 154 valence electrons. The van der Waals surface area contributed by atoms with Crippen LogP contribution in [0.5, 0.6) is 0 Å². The van der Waals surface area contributed by atoms with Gasteiger partial charge in [0.25, 0.3) is 0 Å². The van der Waals surface area contributed by atoms with Crippen molar-refractivity contribution in [3.63, 3.8) is 0 Å². The van der Waals surface area contributed by atoms with Crippen molar-refractivity contribution in [3.05, 3.63) is 58.7 Å². The first-order chi connectivity index (χ1) is 14.1. The number of hydrogen-bond acceptors (Lipinski definition) is 5. The van der Waals surface area contributed by atoms with E-state index < -0.39 is 5.97 Å². The third kappa shape index (κ3) is 5.60. The molecule has 2 aromatic rings. The third-order valence-corrected chi connectivity index (χ3v) is 5.01. The predicted octanol–water partition coefficient (Wildman–Crippen LogP) is 2.99. The molecule has 1 saturated heterocycles. The molecule has 1 aliphatic heterocycles. The Morgan fingerprint density at radius 3 is 2.55 bits per heavy atom. The Labute approximate surface area is 175 Å². The molecular formula is C21H25ClN4O3. The fraction of sp³-hybridized carbons (Fsp3) is 0.381. The average Bonchev–Trinajstić information content (AvgIpc) is 2.74. The molecule has 2 amide bonds. The van der Waals surface area contributed by atoms with Gasteiger partial charge in [-0.3, -0.25) is 0 Å². The quantitative estimate of drug-likeness (QED) is 0.733. The van der Waals surface area contributed by atoms with Gasteiger partial charge in [-0.15, -0.1) is 0 Å². The number of carbonyl (C=O) groups excluding carboxylic acids is 2. The lowest BCUT2D eigenvalue weighted by Gasteiger charge is -2.35. The number of aromatic nitrogens is 1. The number of nitrogens with zero attached hydrogens (tertiary/aromatic N) is 3. The third-order valence-electron chi connectivity index (χ3n) is 4.73. The van der Waals surface area contributed by atoms with Gasteiger partial charge in [0.2, 0.25) is 0 Å². The number of amides is 2. The van der Waals surface area contributed by atoms with E-state index in [1.54, 1.807) is 17.9 Å². The first-order valence-corrected chi connectivity index (χ1v) is 10.1. The molecule has 0 saturated carbocycles. The molecule has 1 aliphatic rings. The molecule has 1 fully saturated rings. The molecule has 0 spiro atoms. The fourth-order valence-corrected chi connectivity index (χ4v) is 3.47. The van der Waals surface area contributed by atoms with Crippen LogP contribution in [0.1, 0.15) is 22.8 Å². The minimum Gasteiger partial charge on any atom is -0.462 e. The largest absolute Gasteiger partial charge is 0.462 e. The molecule has 0 unspecified atom stereocenters. The molecule has 2 heterocycles. The zero-order valence-electron chi connectivity index (χ0n) is 16.4. The summed E-state index contributed by atoms with van der Waals surface area (Å²) in [6, 6.07) is 11.6. The van der Waals surface area contributed by atoms with Crippen LogP contribution in [-0.4, -0.2) is 61.2 Å². The fourth-order valence-electron chi connectivity index (χ4n) is 3.18. The van der Waals surface area contributed by atoms with E-state index in [2.05, 4.69) is 22.4 Å². The minimum absolute atomic E-state index is 0.0581. The summed E-state index contributed by atoms with van der Waals surface area (Å²) in [6.45, 7) is 5.05. The van der Waals surface area contributed by atoms with Crippen molar-refractivity contribution < 1.29 is 14.3 Å². The highest BCUT2D eigenvalue weighted by molar-refractivity contribution is 6.33. The number of benzene rings is 1. The number of pyridine rings is 1. The number of anilines is 1. The smallest absolute Gasteiger partial charge is 0.339 e. The van der Waals surface area contributed by atoms with Crippen molar-refractivity contribution >= 4 is 29.4 Å². The zero-order valence-corrected chi connectivity index (χ0v) is 17.2. The predicted molar refractivity (Wildman–Crippen MR) is 113 cm³/mol. The highest BCUT2D eigenvalue weighted by atomic mass is 35.5. The molecule has 0 bridgehead atoms. The monoisotopic (exact) mass is 416 g/mol. The second-order valence-corrected chi connectivity index (χ2v) is 7.10. The number of urea groups is 1. The van der Waals surface area contributed by atoms with E-state index in [-0.39, 0.29) is 6.03 Å². The molecule has 1 aromatic heterocycles. The van der Waals surface area contributed by atoms with Crippen molar-refractivity contribution in [3.8, 4) is 0 Å². The lowest BCUT2D eigenvalue weighted by atomic mass is 10.1. The Kier molecular flexibility index (Phi) is 7.30. The Bertz CT molecular complexity index is 839. The number of esters is 1. The van der Waals surface area contributed by atoms with Crippen molar-refractivity contribution in [2.24, 2.45) is 0 Å². The number of carbonyl (C=O) groups is 2. The number of hydrogen-bond donors (Lipinski definition) is 1. The van der Waals surface area contributed by atoms with Gasteiger partial charge in [0.15, 0.2) is 0 Å². The normalized spacial score (nSPS) is 13.9. The van der Waals surface area contributed by atoms with Crippen LogP contribution in [0.3, 0.4) is 0 Å². The minimum atomic E-state index is -0.439. The van der Waals surface area contributed by atoms with Gasteiger partial charge in [0, 0.05) is 38.9 Å². The molecule has 3 rings (SSSR count). The van der Waals surface area contributed by atoms with Gasteiger partial charge in [-0.05, 0) is 25.0 Å². The molecule has 0 atom stereocenters. The van der Waals surface area contributed by atoms with Gasteiger partial charge in [-0.1, -0.05) is 41.9 Å². The van der Waals surface area contributed by atoms with Crippen LogP contribution in [0.2, 0.25) is 5.02 Å². The maximum atomic E-state index is 12.4. The molecule has 8 heteroatoms. The second kappa shape index (κ2) is 10.1. The van der Waals surface area contributed by atoms with Crippen molar-refractivity contribution in [2.75, 3.05) is 44.2 Å². The topological polar surface area (TPSA) is 74.8 Å². The number of halogens is 1. The summed E-state index contributed by atoms with van der Waals surface area (Å²) in [5.41, 5.74) is 1.53. The Balaban J connectivity index is 1.48. The lowest BCUT2D eigenvalue weighted by Crippen LogP contribution is -2.52. The highest BCUT2D eigenvalue weighted by Gasteiger charge is 2.23. The SMILES string of the molecule is CCOC(=O)c1cnc(N2CCN(C(=O)NCCc3ccccc3)CC2)c(Cl)c1. The maximum absolute atomic E-state index is 12.4. The van der Waals surface area contributed by atoms with Crippen LogP contribution in [0.15, 0.2) is 42.6 Å². The van der Waals surface area contributed by atoms with E-state index in [9.17, 15) is 9.59 Å². The van der Waals surface area contributed by atoms with Gasteiger partial charge in [-0.2, -0.15) is 0 Å². The summed E-state index contributed by atoms with van der Waals surface area (Å²) >= 11 is 6.33. The summed E-state index contributed by atoms with van der Waals surface area (Å²) in [7, 11) is 0. The number of nitrogens with one attached hydrogen (secondary N) is 1. The van der Waals surface area contributed by atoms with Gasteiger partial charge in [0.05, 0.1) is 17.2 Å². The van der Waals surface area contributed by atoms with Gasteiger partial charge >= 0.3 is 12.0 Å². The van der Waals surface area contributed by atoms with E-state index in [4.69, 9.17) is 16.3 Å². The van der Waals surface area contributed by atoms with E-state index in [1.165, 1.54) is 11.8 Å². The molecule has 7 nitrogen and oxygen atoms in total. The summed E-state index contributed by atoms with van der Waals surface area (Å²) in [4.78, 5) is 32.3. The van der Waals surface area contributed by atoms with Gasteiger partial charge in [0.1, 0.15) is 5.82 Å². The van der Waals surface area contributed by atoms with Crippen LogP contribution >= 0.6 is 11.6 Å². The Morgan fingerprint density at radius 2 is 1.90 bits per heavy atom. The second-order valence-electron chi connectivity index (χ2n) is 6.69. The molecule has 1 N–H and O–H groups in total. The number of ether oxygens (including phenoxy) is 1. The molecular weight excluding hydrogens is 392 g/mol. The summed E-state index contributed by atoms with van der Waals surface area (Å²) < 4.78 is 4.97. The van der Waals surface area contributed by atoms with E-state index in [0.717, 1.165) is 6.42 Å².